The van der Waals surface area contributed by atoms with Crippen molar-refractivity contribution in [1.29, 1.82) is 5.26 Å². The fourth-order valence-corrected chi connectivity index (χ4v) is 2.04. The zero-order valence-corrected chi connectivity index (χ0v) is 11.2. The Kier molecular flexibility index (Phi) is 4.52. The van der Waals surface area contributed by atoms with Crippen molar-refractivity contribution in [3.63, 3.8) is 0 Å². The average molecular weight is 283 g/mol. The highest BCUT2D eigenvalue weighted by Crippen LogP contribution is 2.29. The maximum absolute atomic E-state index is 11.7. The molecule has 0 radical (unpaired) electrons. The highest BCUT2D eigenvalue weighted by atomic mass is 16.5. The van der Waals surface area contributed by atoms with E-state index in [2.05, 4.69) is 0 Å². The quantitative estimate of drug-likeness (QED) is 0.500. The largest absolute Gasteiger partial charge is 0.493 e. The Balaban J connectivity index is 2.38. The molecule has 0 saturated carbocycles. The molecule has 0 fully saturated rings. The van der Waals surface area contributed by atoms with E-state index in [-0.39, 0.29) is 5.56 Å². The maximum Gasteiger partial charge on any atom is 0.377 e. The number of ether oxygens (including phenoxy) is 1. The Hall–Kier alpha value is -2.87. The molecule has 106 valence electrons. The molecule has 0 spiro atoms. The molecule has 2 aromatic carbocycles. The van der Waals surface area contributed by atoms with Crippen molar-refractivity contribution in [2.45, 2.75) is 12.8 Å². The number of rotatable bonds is 6. The highest BCUT2D eigenvalue weighted by Gasteiger charge is 2.18. The van der Waals surface area contributed by atoms with Crippen LogP contribution in [0.2, 0.25) is 0 Å². The molecule has 0 aliphatic heterocycles. The lowest BCUT2D eigenvalue weighted by atomic mass is 10.0. The fraction of sp³-hybridized carbons (Fsp3) is 0.188. The monoisotopic (exact) mass is 283 g/mol. The minimum absolute atomic E-state index is 0.141. The first-order valence-corrected chi connectivity index (χ1v) is 6.44. The molecular formula is C16H13NO4. The van der Waals surface area contributed by atoms with Crippen LogP contribution in [0.4, 0.5) is 0 Å². The topological polar surface area (TPSA) is 87.4 Å². The van der Waals surface area contributed by atoms with Crippen LogP contribution in [0.3, 0.4) is 0 Å². The van der Waals surface area contributed by atoms with Crippen LogP contribution in [0, 0.1) is 11.3 Å². The van der Waals surface area contributed by atoms with Crippen LogP contribution in [-0.4, -0.2) is 23.5 Å². The molecule has 1 N–H and O–H groups in total. The Morgan fingerprint density at radius 3 is 2.52 bits per heavy atom. The number of carboxylic acid groups (broad SMARTS) is 1. The molecule has 0 atom stereocenters. The van der Waals surface area contributed by atoms with Gasteiger partial charge in [0.05, 0.1) is 12.7 Å². The first-order chi connectivity index (χ1) is 10.1. The SMILES string of the molecule is N#CCCCOc1ccc(C(=O)C(=O)O)c2ccccc12. The lowest BCUT2D eigenvalue weighted by Crippen LogP contribution is -2.13. The number of Topliss-reactive ketones (excluding diaryl/α,β-unsaturated/α-hetero) is 1. The van der Waals surface area contributed by atoms with Gasteiger partial charge in [0.2, 0.25) is 0 Å². The molecule has 0 aliphatic carbocycles. The molecule has 0 heterocycles. The van der Waals surface area contributed by atoms with E-state index in [1.165, 1.54) is 6.07 Å². The van der Waals surface area contributed by atoms with Crippen molar-refractivity contribution >= 4 is 22.5 Å². The molecule has 0 amide bonds. The Labute approximate surface area is 121 Å². The van der Waals surface area contributed by atoms with Crippen LogP contribution >= 0.6 is 0 Å². The number of carbonyl (C=O) groups is 2. The second-order valence-corrected chi connectivity index (χ2v) is 4.40. The van der Waals surface area contributed by atoms with Gasteiger partial charge in [0.1, 0.15) is 5.75 Å². The molecule has 0 aromatic heterocycles. The molecule has 0 saturated heterocycles. The van der Waals surface area contributed by atoms with E-state index in [1.807, 2.05) is 6.07 Å². The van der Waals surface area contributed by atoms with Crippen LogP contribution in [0.25, 0.3) is 10.8 Å². The minimum atomic E-state index is -1.48. The Morgan fingerprint density at radius 1 is 1.14 bits per heavy atom. The molecule has 0 unspecified atom stereocenters. The van der Waals surface area contributed by atoms with Crippen molar-refractivity contribution in [1.82, 2.24) is 0 Å². The number of carbonyl (C=O) groups excluding carboxylic acids is 1. The van der Waals surface area contributed by atoms with Crippen LogP contribution in [0.1, 0.15) is 23.2 Å². The zero-order valence-electron chi connectivity index (χ0n) is 11.2. The van der Waals surface area contributed by atoms with E-state index in [4.69, 9.17) is 15.1 Å². The van der Waals surface area contributed by atoms with Gasteiger partial charge in [0.15, 0.2) is 0 Å². The lowest BCUT2D eigenvalue weighted by Gasteiger charge is -2.10. The number of fused-ring (bicyclic) bond motifs is 1. The van der Waals surface area contributed by atoms with Crippen LogP contribution < -0.4 is 4.74 Å². The number of benzene rings is 2. The van der Waals surface area contributed by atoms with E-state index in [0.29, 0.717) is 36.0 Å². The standard InChI is InChI=1S/C16H13NO4/c17-9-3-4-10-21-14-8-7-13(15(18)16(19)20)11-5-1-2-6-12(11)14/h1-2,5-8H,3-4,10H2,(H,19,20). The van der Waals surface area contributed by atoms with Gasteiger partial charge in [-0.15, -0.1) is 0 Å². The number of nitriles is 1. The van der Waals surface area contributed by atoms with Gasteiger partial charge in [0, 0.05) is 17.4 Å². The maximum atomic E-state index is 11.7. The van der Waals surface area contributed by atoms with Gasteiger partial charge in [-0.25, -0.2) is 4.79 Å². The molecule has 21 heavy (non-hydrogen) atoms. The predicted octanol–water partition coefficient (Wildman–Crippen LogP) is 2.79. The van der Waals surface area contributed by atoms with Crippen molar-refractivity contribution in [3.05, 3.63) is 42.0 Å². The number of aliphatic carboxylic acids is 1. The molecular weight excluding hydrogens is 270 g/mol. The first-order valence-electron chi connectivity index (χ1n) is 6.44. The second kappa shape index (κ2) is 6.53. The van der Waals surface area contributed by atoms with Crippen LogP contribution in [-0.2, 0) is 4.79 Å². The van der Waals surface area contributed by atoms with Crippen molar-refractivity contribution in [3.8, 4) is 11.8 Å². The summed E-state index contributed by atoms with van der Waals surface area (Å²) in [4.78, 5) is 22.6. The summed E-state index contributed by atoms with van der Waals surface area (Å²) in [6, 6.07) is 12.1. The summed E-state index contributed by atoms with van der Waals surface area (Å²) in [5.41, 5.74) is 0.141. The first kappa shape index (κ1) is 14.5. The lowest BCUT2D eigenvalue weighted by molar-refractivity contribution is -0.131. The van der Waals surface area contributed by atoms with Gasteiger partial charge in [-0.2, -0.15) is 5.26 Å². The van der Waals surface area contributed by atoms with Gasteiger partial charge >= 0.3 is 5.97 Å². The smallest absolute Gasteiger partial charge is 0.377 e. The third-order valence-electron chi connectivity index (χ3n) is 3.01. The van der Waals surface area contributed by atoms with Gasteiger partial charge in [0.25, 0.3) is 5.78 Å². The van der Waals surface area contributed by atoms with Gasteiger partial charge < -0.3 is 9.84 Å². The molecule has 0 aliphatic rings. The summed E-state index contributed by atoms with van der Waals surface area (Å²) in [6.07, 6.45) is 1.02. The number of carboxylic acids is 1. The van der Waals surface area contributed by atoms with Crippen molar-refractivity contribution < 1.29 is 19.4 Å². The number of ketones is 1. The summed E-state index contributed by atoms with van der Waals surface area (Å²) in [5.74, 6) is -1.85. The number of unbranched alkanes of at least 4 members (excludes halogenated alkanes) is 1. The number of nitrogens with zero attached hydrogens (tertiary/aromatic N) is 1. The molecule has 2 aromatic rings. The van der Waals surface area contributed by atoms with Gasteiger partial charge in [-0.05, 0) is 23.9 Å². The molecule has 5 heteroatoms. The molecule has 0 bridgehead atoms. The molecule has 5 nitrogen and oxygen atoms in total. The third kappa shape index (κ3) is 3.18. The van der Waals surface area contributed by atoms with E-state index in [1.54, 1.807) is 30.3 Å². The fourth-order valence-electron chi connectivity index (χ4n) is 2.04. The summed E-state index contributed by atoms with van der Waals surface area (Å²) in [5, 5.41) is 18.6. The van der Waals surface area contributed by atoms with E-state index < -0.39 is 11.8 Å². The second-order valence-electron chi connectivity index (χ2n) is 4.40. The number of hydrogen-bond donors (Lipinski definition) is 1. The normalized spacial score (nSPS) is 10.0. The van der Waals surface area contributed by atoms with Crippen molar-refractivity contribution in [2.24, 2.45) is 0 Å². The van der Waals surface area contributed by atoms with E-state index in [9.17, 15) is 9.59 Å². The summed E-state index contributed by atoms with van der Waals surface area (Å²) < 4.78 is 5.61. The van der Waals surface area contributed by atoms with Crippen molar-refractivity contribution in [2.75, 3.05) is 6.61 Å². The summed E-state index contributed by atoms with van der Waals surface area (Å²) >= 11 is 0. The van der Waals surface area contributed by atoms with Crippen LogP contribution in [0.5, 0.6) is 5.75 Å². The predicted molar refractivity (Wildman–Crippen MR) is 76.3 cm³/mol. The average Bonchev–Trinajstić information content (AvgIpc) is 2.50. The highest BCUT2D eigenvalue weighted by molar-refractivity contribution is 6.42. The Bertz CT molecular complexity index is 731. The van der Waals surface area contributed by atoms with Gasteiger partial charge in [-0.1, -0.05) is 24.3 Å². The molecule has 2 rings (SSSR count). The number of hydrogen-bond acceptors (Lipinski definition) is 4. The zero-order chi connectivity index (χ0) is 15.2. The van der Waals surface area contributed by atoms with E-state index >= 15 is 0 Å². The van der Waals surface area contributed by atoms with Crippen LogP contribution in [0.15, 0.2) is 36.4 Å². The summed E-state index contributed by atoms with van der Waals surface area (Å²) in [6.45, 7) is 0.393. The van der Waals surface area contributed by atoms with E-state index in [0.717, 1.165) is 0 Å². The third-order valence-corrected chi connectivity index (χ3v) is 3.01. The Morgan fingerprint density at radius 2 is 1.86 bits per heavy atom. The summed E-state index contributed by atoms with van der Waals surface area (Å²) in [7, 11) is 0. The van der Waals surface area contributed by atoms with Gasteiger partial charge in [-0.3, -0.25) is 4.79 Å². The minimum Gasteiger partial charge on any atom is -0.493 e.